The largest absolute Gasteiger partial charge is 0.372 e. The quantitative estimate of drug-likeness (QED) is 0.710. The second kappa shape index (κ2) is 5.69. The summed E-state index contributed by atoms with van der Waals surface area (Å²) in [5, 5.41) is 0. The molecule has 0 amide bonds. The highest BCUT2D eigenvalue weighted by molar-refractivity contribution is 4.99. The van der Waals surface area contributed by atoms with Crippen molar-refractivity contribution in [1.82, 2.24) is 14.7 Å². The molecule has 2 fully saturated rings. The minimum absolute atomic E-state index is 1.09. The highest BCUT2D eigenvalue weighted by Crippen LogP contribution is 2.13. The topological polar surface area (TPSA) is 9.72 Å². The van der Waals surface area contributed by atoms with Gasteiger partial charge in [-0.1, -0.05) is 13.5 Å². The molecular formula is C13H25N3. The molecule has 0 saturated carbocycles. The van der Waals surface area contributed by atoms with Gasteiger partial charge in [-0.2, -0.15) is 0 Å². The van der Waals surface area contributed by atoms with Crippen molar-refractivity contribution in [1.29, 1.82) is 0 Å². The predicted molar refractivity (Wildman–Crippen MR) is 68.5 cm³/mol. The summed E-state index contributed by atoms with van der Waals surface area (Å²) < 4.78 is 0. The number of likely N-dealkylation sites (tertiary alicyclic amines) is 1. The Morgan fingerprint density at radius 2 is 1.56 bits per heavy atom. The van der Waals surface area contributed by atoms with Gasteiger partial charge in [-0.3, -0.25) is 4.90 Å². The molecule has 0 aromatic carbocycles. The van der Waals surface area contributed by atoms with Gasteiger partial charge in [0.2, 0.25) is 0 Å². The summed E-state index contributed by atoms with van der Waals surface area (Å²) in [6.45, 7) is 16.1. The van der Waals surface area contributed by atoms with Gasteiger partial charge in [-0.05, 0) is 32.5 Å². The Hall–Kier alpha value is -0.540. The summed E-state index contributed by atoms with van der Waals surface area (Å²) in [7, 11) is 0. The Morgan fingerprint density at radius 1 is 0.938 bits per heavy atom. The molecule has 0 bridgehead atoms. The fraction of sp³-hybridized carbons (Fsp3) is 0.846. The molecule has 0 spiro atoms. The molecule has 2 saturated heterocycles. The molecule has 2 heterocycles. The van der Waals surface area contributed by atoms with Crippen molar-refractivity contribution < 1.29 is 0 Å². The molecule has 3 heteroatoms. The van der Waals surface area contributed by atoms with E-state index < -0.39 is 0 Å². The third-order valence-corrected chi connectivity index (χ3v) is 3.87. The third kappa shape index (κ3) is 2.98. The second-order valence-corrected chi connectivity index (χ2v) is 4.97. The second-order valence-electron chi connectivity index (χ2n) is 4.97. The number of hydrogen-bond donors (Lipinski definition) is 0. The smallest absolute Gasteiger partial charge is 0.0377 e. The number of likely N-dealkylation sites (N-methyl/N-ethyl adjacent to an activating group) is 1. The predicted octanol–water partition coefficient (Wildman–Crippen LogP) is 1.23. The van der Waals surface area contributed by atoms with Crippen molar-refractivity contribution in [2.45, 2.75) is 19.8 Å². The standard InChI is InChI=1S/C13H25N3/c1-3-14-8-10-16(11-9-14)13(2)12-15-6-4-5-7-15/h2-12H2,1H3. The van der Waals surface area contributed by atoms with Crippen LogP contribution in [0.15, 0.2) is 12.3 Å². The van der Waals surface area contributed by atoms with E-state index in [0.29, 0.717) is 0 Å². The number of rotatable bonds is 4. The Bertz CT molecular complexity index is 225. The molecule has 2 aliphatic rings. The van der Waals surface area contributed by atoms with Gasteiger partial charge in [0.05, 0.1) is 0 Å². The maximum atomic E-state index is 4.26. The van der Waals surface area contributed by atoms with Crippen molar-refractivity contribution in [2.24, 2.45) is 0 Å². The van der Waals surface area contributed by atoms with Crippen molar-refractivity contribution in [3.63, 3.8) is 0 Å². The minimum atomic E-state index is 1.09. The van der Waals surface area contributed by atoms with Crippen molar-refractivity contribution >= 4 is 0 Å². The molecular weight excluding hydrogens is 198 g/mol. The molecule has 0 aromatic heterocycles. The summed E-state index contributed by atoms with van der Waals surface area (Å²) in [5.41, 5.74) is 1.33. The lowest BCUT2D eigenvalue weighted by Crippen LogP contribution is -2.46. The molecule has 92 valence electrons. The first-order valence-electron chi connectivity index (χ1n) is 6.67. The maximum absolute atomic E-state index is 4.26. The SMILES string of the molecule is C=C(CN1CCCC1)N1CCN(CC)CC1. The van der Waals surface area contributed by atoms with Crippen molar-refractivity contribution in [3.8, 4) is 0 Å². The molecule has 0 N–H and O–H groups in total. The first kappa shape index (κ1) is 11.9. The first-order valence-corrected chi connectivity index (χ1v) is 6.67. The van der Waals surface area contributed by atoms with E-state index in [4.69, 9.17) is 0 Å². The van der Waals surface area contributed by atoms with Crippen LogP contribution in [0, 0.1) is 0 Å². The van der Waals surface area contributed by atoms with Crippen LogP contribution in [0.4, 0.5) is 0 Å². The summed E-state index contributed by atoms with van der Waals surface area (Å²) in [4.78, 5) is 7.53. The fourth-order valence-corrected chi connectivity index (χ4v) is 2.68. The van der Waals surface area contributed by atoms with Gasteiger partial charge in [0, 0.05) is 38.4 Å². The van der Waals surface area contributed by atoms with Crippen LogP contribution in [-0.2, 0) is 0 Å². The lowest BCUT2D eigenvalue weighted by Gasteiger charge is -2.37. The molecule has 0 atom stereocenters. The van der Waals surface area contributed by atoms with Gasteiger partial charge in [0.25, 0.3) is 0 Å². The van der Waals surface area contributed by atoms with Gasteiger partial charge in [0.1, 0.15) is 0 Å². The van der Waals surface area contributed by atoms with Crippen LogP contribution >= 0.6 is 0 Å². The normalized spacial score (nSPS) is 23.9. The summed E-state index contributed by atoms with van der Waals surface area (Å²) in [5.74, 6) is 0. The summed E-state index contributed by atoms with van der Waals surface area (Å²) in [6, 6.07) is 0. The monoisotopic (exact) mass is 223 g/mol. The van der Waals surface area contributed by atoms with Gasteiger partial charge in [-0.25, -0.2) is 0 Å². The van der Waals surface area contributed by atoms with E-state index in [-0.39, 0.29) is 0 Å². The number of nitrogens with zero attached hydrogens (tertiary/aromatic N) is 3. The molecule has 0 unspecified atom stereocenters. The highest BCUT2D eigenvalue weighted by Gasteiger charge is 2.19. The zero-order valence-corrected chi connectivity index (χ0v) is 10.6. The Balaban J connectivity index is 1.73. The van der Waals surface area contributed by atoms with Crippen LogP contribution in [0.1, 0.15) is 19.8 Å². The number of hydrogen-bond acceptors (Lipinski definition) is 3. The molecule has 2 aliphatic heterocycles. The zero-order chi connectivity index (χ0) is 11.4. The maximum Gasteiger partial charge on any atom is 0.0377 e. The van der Waals surface area contributed by atoms with Crippen LogP contribution in [0.3, 0.4) is 0 Å². The molecule has 3 nitrogen and oxygen atoms in total. The van der Waals surface area contributed by atoms with E-state index in [1.807, 2.05) is 0 Å². The van der Waals surface area contributed by atoms with Crippen LogP contribution in [0.25, 0.3) is 0 Å². The molecule has 0 aliphatic carbocycles. The van der Waals surface area contributed by atoms with Crippen LogP contribution < -0.4 is 0 Å². The van der Waals surface area contributed by atoms with E-state index in [1.54, 1.807) is 0 Å². The number of piperazine rings is 1. The van der Waals surface area contributed by atoms with E-state index >= 15 is 0 Å². The van der Waals surface area contributed by atoms with Crippen LogP contribution in [-0.4, -0.2) is 67.1 Å². The lowest BCUT2D eigenvalue weighted by atomic mass is 10.2. The fourth-order valence-electron chi connectivity index (χ4n) is 2.68. The lowest BCUT2D eigenvalue weighted by molar-refractivity contribution is 0.156. The van der Waals surface area contributed by atoms with Crippen LogP contribution in [0.2, 0.25) is 0 Å². The Morgan fingerprint density at radius 3 is 2.12 bits per heavy atom. The molecule has 0 aromatic rings. The van der Waals surface area contributed by atoms with Crippen molar-refractivity contribution in [3.05, 3.63) is 12.3 Å². The van der Waals surface area contributed by atoms with Crippen molar-refractivity contribution in [2.75, 3.05) is 52.4 Å². The van der Waals surface area contributed by atoms with Gasteiger partial charge < -0.3 is 9.80 Å². The molecule has 2 rings (SSSR count). The van der Waals surface area contributed by atoms with Crippen LogP contribution in [0.5, 0.6) is 0 Å². The first-order chi connectivity index (χ1) is 7.79. The minimum Gasteiger partial charge on any atom is -0.372 e. The highest BCUT2D eigenvalue weighted by atomic mass is 15.3. The van der Waals surface area contributed by atoms with E-state index in [0.717, 1.165) is 6.54 Å². The third-order valence-electron chi connectivity index (χ3n) is 3.87. The summed E-state index contributed by atoms with van der Waals surface area (Å²) in [6.07, 6.45) is 2.74. The Labute approximate surface area is 99.7 Å². The van der Waals surface area contributed by atoms with Gasteiger partial charge in [0.15, 0.2) is 0 Å². The van der Waals surface area contributed by atoms with E-state index in [9.17, 15) is 0 Å². The van der Waals surface area contributed by atoms with Gasteiger partial charge >= 0.3 is 0 Å². The zero-order valence-electron chi connectivity index (χ0n) is 10.6. The van der Waals surface area contributed by atoms with Gasteiger partial charge in [-0.15, -0.1) is 0 Å². The average Bonchev–Trinajstić information content (AvgIpc) is 2.82. The molecule has 16 heavy (non-hydrogen) atoms. The molecule has 0 radical (unpaired) electrons. The Kier molecular flexibility index (Phi) is 4.24. The van der Waals surface area contributed by atoms with E-state index in [2.05, 4.69) is 28.2 Å². The summed E-state index contributed by atoms with van der Waals surface area (Å²) >= 11 is 0. The average molecular weight is 223 g/mol. The van der Waals surface area contributed by atoms with E-state index in [1.165, 1.54) is 64.4 Å².